The third-order valence-corrected chi connectivity index (χ3v) is 11.7. The molecule has 3 aromatic heterocycles. The van der Waals surface area contributed by atoms with Crippen molar-refractivity contribution in [2.45, 2.75) is 62.2 Å². The Balaban J connectivity index is 1.25. The van der Waals surface area contributed by atoms with Crippen molar-refractivity contribution >= 4 is 38.2 Å². The monoisotopic (exact) mass is 640 g/mol. The summed E-state index contributed by atoms with van der Waals surface area (Å²) in [4.78, 5) is 31.2. The number of pyridine rings is 3. The molecular formula is C35H40N6O4S. The number of sulfonamides is 1. The molecule has 11 heteroatoms. The van der Waals surface area contributed by atoms with Gasteiger partial charge < -0.3 is 14.5 Å². The van der Waals surface area contributed by atoms with Gasteiger partial charge in [0.05, 0.1) is 29.4 Å². The van der Waals surface area contributed by atoms with Crippen LogP contribution in [0, 0.1) is 6.92 Å². The highest BCUT2D eigenvalue weighted by Crippen LogP contribution is 2.55. The number of anilines is 2. The van der Waals surface area contributed by atoms with E-state index in [0.29, 0.717) is 12.3 Å². The Hall–Kier alpha value is -4.09. The Kier molecular flexibility index (Phi) is 7.92. The number of carbonyl (C=O) groups is 1. The largest absolute Gasteiger partial charge is 0.476 e. The van der Waals surface area contributed by atoms with Crippen LogP contribution in [-0.2, 0) is 20.2 Å². The first-order chi connectivity index (χ1) is 22.2. The van der Waals surface area contributed by atoms with Crippen molar-refractivity contribution in [1.82, 2.24) is 19.9 Å². The first-order valence-electron chi connectivity index (χ1n) is 16.2. The number of hydrogen-bond acceptors (Lipinski definition) is 8. The second kappa shape index (κ2) is 11.9. The van der Waals surface area contributed by atoms with Crippen molar-refractivity contribution < 1.29 is 17.9 Å². The van der Waals surface area contributed by atoms with Crippen LogP contribution in [0.15, 0.2) is 59.9 Å². The topological polar surface area (TPSA) is 109 Å². The third-order valence-electron chi connectivity index (χ3n) is 9.96. The average Bonchev–Trinajstić information content (AvgIpc) is 3.30. The molecule has 1 aliphatic carbocycles. The minimum absolute atomic E-state index is 0.0916. The Morgan fingerprint density at radius 3 is 2.46 bits per heavy atom. The van der Waals surface area contributed by atoms with E-state index in [4.69, 9.17) is 4.74 Å². The van der Waals surface area contributed by atoms with Crippen LogP contribution in [0.2, 0.25) is 0 Å². The van der Waals surface area contributed by atoms with Gasteiger partial charge in [0.25, 0.3) is 10.0 Å². The molecular weight excluding hydrogens is 600 g/mol. The van der Waals surface area contributed by atoms with Gasteiger partial charge >= 0.3 is 0 Å². The van der Waals surface area contributed by atoms with E-state index in [1.54, 1.807) is 29.4 Å². The van der Waals surface area contributed by atoms with Gasteiger partial charge in [-0.2, -0.15) is 0 Å². The van der Waals surface area contributed by atoms with Gasteiger partial charge in [0, 0.05) is 55.2 Å². The molecule has 1 saturated heterocycles. The van der Waals surface area contributed by atoms with E-state index in [0.717, 1.165) is 84.3 Å². The fourth-order valence-corrected chi connectivity index (χ4v) is 8.25. The zero-order valence-electron chi connectivity index (χ0n) is 26.7. The quantitative estimate of drug-likeness (QED) is 0.222. The average molecular weight is 641 g/mol. The van der Waals surface area contributed by atoms with Crippen LogP contribution in [0.1, 0.15) is 56.2 Å². The number of fused-ring (bicyclic) bond motifs is 4. The fourth-order valence-electron chi connectivity index (χ4n) is 7.12. The summed E-state index contributed by atoms with van der Waals surface area (Å²) in [6.07, 6.45) is 12.2. The molecule has 10 nitrogen and oxygen atoms in total. The number of piperidine rings is 1. The van der Waals surface area contributed by atoms with Crippen LogP contribution >= 0.6 is 0 Å². The molecule has 240 valence electrons. The Morgan fingerprint density at radius 2 is 1.74 bits per heavy atom. The first kappa shape index (κ1) is 30.6. The maximum absolute atomic E-state index is 13.8. The summed E-state index contributed by atoms with van der Waals surface area (Å²) in [5, 5.41) is 0.943. The van der Waals surface area contributed by atoms with E-state index in [9.17, 15) is 13.2 Å². The molecule has 0 unspecified atom stereocenters. The number of likely N-dealkylation sites (N-methyl/N-ethyl adjacent to an activating group) is 1. The van der Waals surface area contributed by atoms with Crippen molar-refractivity contribution in [1.29, 1.82) is 0 Å². The molecule has 1 spiro atoms. The van der Waals surface area contributed by atoms with Crippen LogP contribution < -0.4 is 13.9 Å². The van der Waals surface area contributed by atoms with Gasteiger partial charge in [0.2, 0.25) is 11.8 Å². The van der Waals surface area contributed by atoms with Gasteiger partial charge in [-0.1, -0.05) is 18.9 Å². The number of nitrogens with zero attached hydrogens (tertiary/aromatic N) is 6. The normalized spacial score (nSPS) is 17.7. The van der Waals surface area contributed by atoms with Crippen molar-refractivity contribution in [3.8, 4) is 17.0 Å². The molecule has 0 N–H and O–H groups in total. The van der Waals surface area contributed by atoms with E-state index in [-0.39, 0.29) is 16.7 Å². The Morgan fingerprint density at radius 1 is 0.935 bits per heavy atom. The first-order valence-corrected chi connectivity index (χ1v) is 17.6. The summed E-state index contributed by atoms with van der Waals surface area (Å²) < 4.78 is 35.0. The lowest BCUT2D eigenvalue weighted by molar-refractivity contribution is -0.125. The summed E-state index contributed by atoms with van der Waals surface area (Å²) in [5.74, 6) is 0.397. The summed E-state index contributed by atoms with van der Waals surface area (Å²) in [6.45, 7) is 5.40. The van der Waals surface area contributed by atoms with Gasteiger partial charge in [-0.05, 0) is 88.0 Å². The van der Waals surface area contributed by atoms with Gasteiger partial charge in [0.1, 0.15) is 10.6 Å². The van der Waals surface area contributed by atoms with E-state index in [1.165, 1.54) is 36.8 Å². The number of benzene rings is 1. The predicted molar refractivity (Wildman–Crippen MR) is 179 cm³/mol. The molecule has 1 amide bonds. The van der Waals surface area contributed by atoms with Crippen LogP contribution in [-0.4, -0.2) is 74.5 Å². The number of hydrogen-bond donors (Lipinski definition) is 0. The number of aryl methyl sites for hydroxylation is 1. The van der Waals surface area contributed by atoms with Crippen molar-refractivity contribution in [3.05, 3.63) is 66.2 Å². The molecule has 2 fully saturated rings. The van der Waals surface area contributed by atoms with E-state index < -0.39 is 15.4 Å². The number of carbonyl (C=O) groups excluding carboxylic acids is 1. The SMILES string of the molecule is Cc1ccc(S(=O)(=O)N(C)c2cc(-c3ccc4ncc5c(c4c3)C3(CCC3)C(=O)N5C)cnc2OCCCN2CCCCC2)cn1. The van der Waals surface area contributed by atoms with Crippen molar-refractivity contribution in [2.24, 2.45) is 0 Å². The van der Waals surface area contributed by atoms with Crippen LogP contribution in [0.4, 0.5) is 11.4 Å². The molecule has 4 aromatic rings. The Bertz CT molecular complexity index is 1900. The minimum Gasteiger partial charge on any atom is -0.476 e. The summed E-state index contributed by atoms with van der Waals surface area (Å²) in [6, 6.07) is 11.1. The third kappa shape index (κ3) is 5.19. The number of ether oxygens (including phenoxy) is 1. The molecule has 1 aromatic carbocycles. The van der Waals surface area contributed by atoms with E-state index in [1.807, 2.05) is 32.2 Å². The lowest BCUT2D eigenvalue weighted by atomic mass is 9.64. The number of aromatic nitrogens is 3. The maximum atomic E-state index is 13.8. The van der Waals surface area contributed by atoms with Gasteiger partial charge in [-0.25, -0.2) is 13.4 Å². The Labute approximate surface area is 270 Å². The molecule has 2 aliphatic heterocycles. The number of likely N-dealkylation sites (tertiary alicyclic amines) is 1. The lowest BCUT2D eigenvalue weighted by Crippen LogP contribution is -2.43. The molecule has 0 atom stereocenters. The summed E-state index contributed by atoms with van der Waals surface area (Å²) >= 11 is 0. The van der Waals surface area contributed by atoms with Crippen LogP contribution in [0.3, 0.4) is 0 Å². The molecule has 3 aliphatic rings. The predicted octanol–water partition coefficient (Wildman–Crippen LogP) is 5.48. The van der Waals surface area contributed by atoms with Crippen LogP contribution in [0.25, 0.3) is 22.0 Å². The molecule has 46 heavy (non-hydrogen) atoms. The van der Waals surface area contributed by atoms with Gasteiger partial charge in [0.15, 0.2) is 0 Å². The molecule has 0 radical (unpaired) electrons. The van der Waals surface area contributed by atoms with E-state index in [2.05, 4.69) is 25.9 Å². The van der Waals surface area contributed by atoms with Crippen molar-refractivity contribution in [2.75, 3.05) is 49.5 Å². The second-order valence-electron chi connectivity index (χ2n) is 12.8. The highest BCUT2D eigenvalue weighted by molar-refractivity contribution is 7.92. The highest BCUT2D eigenvalue weighted by atomic mass is 32.2. The molecule has 0 bridgehead atoms. The standard InChI is InChI=1S/C35H40N6O4S/c1-24-9-11-27(22-36-24)46(43,44)40(3)30-20-26(21-38-33(30)45-18-8-17-41-15-5-4-6-16-41)25-10-12-29-28(19-25)32-31(23-37-29)39(2)34(42)35(32)13-7-14-35/h9-12,19-23H,4-8,13-18H2,1-3H3. The molecule has 5 heterocycles. The zero-order valence-corrected chi connectivity index (χ0v) is 27.5. The number of amides is 1. The second-order valence-corrected chi connectivity index (χ2v) is 14.8. The molecule has 1 saturated carbocycles. The van der Waals surface area contributed by atoms with Crippen molar-refractivity contribution in [3.63, 3.8) is 0 Å². The summed E-state index contributed by atoms with van der Waals surface area (Å²) in [5.41, 5.74) is 4.91. The van der Waals surface area contributed by atoms with E-state index >= 15 is 0 Å². The van der Waals surface area contributed by atoms with Gasteiger partial charge in [-0.3, -0.25) is 19.1 Å². The lowest BCUT2D eigenvalue weighted by Gasteiger charge is -2.37. The smallest absolute Gasteiger partial charge is 0.265 e. The van der Waals surface area contributed by atoms with Gasteiger partial charge in [-0.15, -0.1) is 0 Å². The molecule has 7 rings (SSSR count). The zero-order chi connectivity index (χ0) is 32.1. The minimum atomic E-state index is -3.95. The maximum Gasteiger partial charge on any atom is 0.265 e. The summed E-state index contributed by atoms with van der Waals surface area (Å²) in [7, 11) is -0.605. The fraction of sp³-hybridized carbons (Fsp3) is 0.429. The number of rotatable bonds is 9. The highest BCUT2D eigenvalue weighted by Gasteiger charge is 2.54. The van der Waals surface area contributed by atoms with Crippen LogP contribution in [0.5, 0.6) is 5.88 Å².